The summed E-state index contributed by atoms with van der Waals surface area (Å²) < 4.78 is 0. The fraction of sp³-hybridized carbons (Fsp3) is 0. The summed E-state index contributed by atoms with van der Waals surface area (Å²) in [6.45, 7) is 0. The molecule has 1 aromatic carbocycles. The molecule has 2 N–H and O–H groups in total. The second kappa shape index (κ2) is 7.53. The van der Waals surface area contributed by atoms with Gasteiger partial charge in [0.15, 0.2) is 0 Å². The van der Waals surface area contributed by atoms with Gasteiger partial charge in [0.25, 0.3) is 0 Å². The number of amides is 2. The first-order chi connectivity index (χ1) is 10.6. The van der Waals surface area contributed by atoms with Crippen LogP contribution in [0.5, 0.6) is 0 Å². The van der Waals surface area contributed by atoms with Gasteiger partial charge in [-0.1, -0.05) is 29.3 Å². The lowest BCUT2D eigenvalue weighted by atomic mass is 10.3. The number of hydrogen-bond acceptors (Lipinski definition) is 4. The highest BCUT2D eigenvalue weighted by atomic mass is 35.5. The van der Waals surface area contributed by atoms with E-state index in [0.29, 0.717) is 16.3 Å². The van der Waals surface area contributed by atoms with Crippen molar-refractivity contribution >= 4 is 46.9 Å². The predicted molar refractivity (Wildman–Crippen MR) is 85.1 cm³/mol. The zero-order chi connectivity index (χ0) is 15.9. The Morgan fingerprint density at radius 2 is 1.95 bits per heavy atom. The molecular formula is C14H10Cl2N4O2. The van der Waals surface area contributed by atoms with Crippen molar-refractivity contribution in [3.05, 3.63) is 58.3 Å². The van der Waals surface area contributed by atoms with Gasteiger partial charge in [0, 0.05) is 23.6 Å². The normalized spacial score (nSPS) is 10.5. The van der Waals surface area contributed by atoms with Crippen molar-refractivity contribution in [2.75, 3.05) is 5.32 Å². The Kier molecular flexibility index (Phi) is 5.46. The second-order valence-corrected chi connectivity index (χ2v) is 4.88. The molecule has 0 saturated heterocycles. The first-order valence-corrected chi connectivity index (χ1v) is 6.81. The summed E-state index contributed by atoms with van der Waals surface area (Å²) in [7, 11) is 0. The maximum absolute atomic E-state index is 11.7. The third kappa shape index (κ3) is 4.54. The molecule has 0 spiro atoms. The standard InChI is InChI=1S/C14H10Cl2N4O2/c15-11-4-3-10(6-12(11)16)19-13(21)14(22)20-18-8-9-2-1-5-17-7-9/h1-8H,(H,19,21)(H,20,22)/b18-8-. The lowest BCUT2D eigenvalue weighted by Crippen LogP contribution is -2.32. The number of halogens is 2. The molecule has 0 bridgehead atoms. The van der Waals surface area contributed by atoms with Gasteiger partial charge in [-0.3, -0.25) is 14.6 Å². The smallest absolute Gasteiger partial charge is 0.318 e. The van der Waals surface area contributed by atoms with Crippen LogP contribution in [0.15, 0.2) is 47.8 Å². The maximum Gasteiger partial charge on any atom is 0.329 e. The van der Waals surface area contributed by atoms with Crippen molar-refractivity contribution in [1.29, 1.82) is 0 Å². The van der Waals surface area contributed by atoms with Crippen LogP contribution in [0.25, 0.3) is 0 Å². The number of rotatable bonds is 3. The minimum absolute atomic E-state index is 0.273. The lowest BCUT2D eigenvalue weighted by Gasteiger charge is -2.05. The molecule has 8 heteroatoms. The number of benzene rings is 1. The Bertz CT molecular complexity index is 720. The van der Waals surface area contributed by atoms with Crippen LogP contribution in [-0.4, -0.2) is 23.0 Å². The zero-order valence-electron chi connectivity index (χ0n) is 11.1. The molecule has 112 valence electrons. The van der Waals surface area contributed by atoms with E-state index in [2.05, 4.69) is 20.8 Å². The fourth-order valence-corrected chi connectivity index (χ4v) is 1.73. The summed E-state index contributed by atoms with van der Waals surface area (Å²) in [5, 5.41) is 6.67. The van der Waals surface area contributed by atoms with Crippen molar-refractivity contribution in [1.82, 2.24) is 10.4 Å². The summed E-state index contributed by atoms with van der Waals surface area (Å²) in [6.07, 6.45) is 4.55. The second-order valence-electron chi connectivity index (χ2n) is 4.07. The minimum atomic E-state index is -0.911. The molecule has 0 fully saturated rings. The highest BCUT2D eigenvalue weighted by Crippen LogP contribution is 2.24. The molecule has 0 atom stereocenters. The molecule has 2 rings (SSSR count). The van der Waals surface area contributed by atoms with Crippen LogP contribution in [0.4, 0.5) is 5.69 Å². The number of carbonyl (C=O) groups excluding carboxylic acids is 2. The molecule has 0 aliphatic carbocycles. The average molecular weight is 337 g/mol. The van der Waals surface area contributed by atoms with E-state index in [1.54, 1.807) is 24.5 Å². The minimum Gasteiger partial charge on any atom is -0.318 e. The van der Waals surface area contributed by atoms with E-state index in [4.69, 9.17) is 23.2 Å². The van der Waals surface area contributed by atoms with Gasteiger partial charge in [-0.15, -0.1) is 0 Å². The monoisotopic (exact) mass is 336 g/mol. The SMILES string of the molecule is O=C(N/N=C\c1cccnc1)C(=O)Nc1ccc(Cl)c(Cl)c1. The van der Waals surface area contributed by atoms with Gasteiger partial charge in [0.05, 0.1) is 16.3 Å². The van der Waals surface area contributed by atoms with E-state index in [9.17, 15) is 9.59 Å². The number of anilines is 1. The van der Waals surface area contributed by atoms with Gasteiger partial charge in [0.2, 0.25) is 0 Å². The van der Waals surface area contributed by atoms with Gasteiger partial charge >= 0.3 is 11.8 Å². The summed E-state index contributed by atoms with van der Waals surface area (Å²) in [5.41, 5.74) is 3.15. The lowest BCUT2D eigenvalue weighted by molar-refractivity contribution is -0.136. The highest BCUT2D eigenvalue weighted by molar-refractivity contribution is 6.42. The Morgan fingerprint density at radius 3 is 2.64 bits per heavy atom. The van der Waals surface area contributed by atoms with Crippen molar-refractivity contribution in [3.63, 3.8) is 0 Å². The van der Waals surface area contributed by atoms with Crippen LogP contribution < -0.4 is 10.7 Å². The van der Waals surface area contributed by atoms with Gasteiger partial charge < -0.3 is 5.32 Å². The van der Waals surface area contributed by atoms with Crippen molar-refractivity contribution in [2.24, 2.45) is 5.10 Å². The predicted octanol–water partition coefficient (Wildman–Crippen LogP) is 2.48. The quantitative estimate of drug-likeness (QED) is 0.513. The fourth-order valence-electron chi connectivity index (χ4n) is 1.43. The molecule has 1 heterocycles. The van der Waals surface area contributed by atoms with E-state index >= 15 is 0 Å². The molecule has 22 heavy (non-hydrogen) atoms. The summed E-state index contributed by atoms with van der Waals surface area (Å²) in [6, 6.07) is 7.95. The van der Waals surface area contributed by atoms with E-state index in [-0.39, 0.29) is 5.02 Å². The largest absolute Gasteiger partial charge is 0.329 e. The Hall–Kier alpha value is -2.44. The van der Waals surface area contributed by atoms with Gasteiger partial charge in [-0.2, -0.15) is 5.10 Å². The number of aromatic nitrogens is 1. The molecular weight excluding hydrogens is 327 g/mol. The van der Waals surface area contributed by atoms with Crippen LogP contribution in [-0.2, 0) is 9.59 Å². The highest BCUT2D eigenvalue weighted by Gasteiger charge is 2.13. The third-order valence-corrected chi connectivity index (χ3v) is 3.19. The van der Waals surface area contributed by atoms with Crippen molar-refractivity contribution in [3.8, 4) is 0 Å². The molecule has 0 radical (unpaired) electrons. The molecule has 0 saturated carbocycles. The van der Waals surface area contributed by atoms with E-state index in [1.165, 1.54) is 24.4 Å². The van der Waals surface area contributed by atoms with E-state index in [0.717, 1.165) is 0 Å². The molecule has 1 aromatic heterocycles. The number of nitrogens with zero attached hydrogens (tertiary/aromatic N) is 2. The topological polar surface area (TPSA) is 83.5 Å². The third-order valence-electron chi connectivity index (χ3n) is 2.45. The van der Waals surface area contributed by atoms with Crippen LogP contribution in [0.1, 0.15) is 5.56 Å². The first kappa shape index (κ1) is 15.9. The molecule has 0 aliphatic heterocycles. The Labute approximate surface area is 136 Å². The van der Waals surface area contributed by atoms with Crippen LogP contribution >= 0.6 is 23.2 Å². The molecule has 0 aliphatic rings. The molecule has 2 aromatic rings. The number of hydrazone groups is 1. The summed E-state index contributed by atoms with van der Waals surface area (Å²) in [5.74, 6) is -1.78. The van der Waals surface area contributed by atoms with Crippen LogP contribution in [0.3, 0.4) is 0 Å². The summed E-state index contributed by atoms with van der Waals surface area (Å²) >= 11 is 11.6. The van der Waals surface area contributed by atoms with Crippen LogP contribution in [0, 0.1) is 0 Å². The maximum atomic E-state index is 11.7. The number of carbonyl (C=O) groups is 2. The average Bonchev–Trinajstić information content (AvgIpc) is 2.52. The number of nitrogens with one attached hydrogen (secondary N) is 2. The van der Waals surface area contributed by atoms with Gasteiger partial charge in [0.1, 0.15) is 0 Å². The zero-order valence-corrected chi connectivity index (χ0v) is 12.6. The summed E-state index contributed by atoms with van der Waals surface area (Å²) in [4.78, 5) is 27.1. The van der Waals surface area contributed by atoms with Crippen molar-refractivity contribution in [2.45, 2.75) is 0 Å². The van der Waals surface area contributed by atoms with Gasteiger partial charge in [-0.25, -0.2) is 5.43 Å². The number of pyridine rings is 1. The van der Waals surface area contributed by atoms with E-state index < -0.39 is 11.8 Å². The first-order valence-electron chi connectivity index (χ1n) is 6.06. The van der Waals surface area contributed by atoms with Crippen molar-refractivity contribution < 1.29 is 9.59 Å². The molecule has 2 amide bonds. The van der Waals surface area contributed by atoms with Gasteiger partial charge in [-0.05, 0) is 24.3 Å². The molecule has 0 unspecified atom stereocenters. The van der Waals surface area contributed by atoms with Crippen LogP contribution in [0.2, 0.25) is 10.0 Å². The van der Waals surface area contributed by atoms with E-state index in [1.807, 2.05) is 0 Å². The number of hydrogen-bond donors (Lipinski definition) is 2. The Morgan fingerprint density at radius 1 is 1.14 bits per heavy atom. The molecule has 6 nitrogen and oxygen atoms in total. The Balaban J connectivity index is 1.90.